The summed E-state index contributed by atoms with van der Waals surface area (Å²) in [5, 5.41) is 22.1. The van der Waals surface area contributed by atoms with Gasteiger partial charge in [-0.25, -0.2) is 4.79 Å². The van der Waals surface area contributed by atoms with Gasteiger partial charge in [0.15, 0.2) is 0 Å². The molecule has 0 radical (unpaired) electrons. The molecular weight excluding hydrogens is 324 g/mol. The predicted octanol–water partition coefficient (Wildman–Crippen LogP) is 1.78. The number of hydrazone groups is 1. The predicted molar refractivity (Wildman–Crippen MR) is 82.5 cm³/mol. The van der Waals surface area contributed by atoms with Crippen molar-refractivity contribution in [2.75, 3.05) is 5.43 Å². The monoisotopic (exact) mass is 336 g/mol. The van der Waals surface area contributed by atoms with Gasteiger partial charge in [0.05, 0.1) is 17.5 Å². The lowest BCUT2D eigenvalue weighted by molar-refractivity contribution is 0.0697. The molecule has 2 aromatic carbocycles. The molecule has 0 aliphatic heterocycles. The third kappa shape index (κ3) is 4.05. The lowest BCUT2D eigenvalue weighted by Gasteiger charge is -2.06. The molecule has 0 amide bonds. The molecule has 9 heteroatoms. The maximum atomic E-state index is 11.2. The van der Waals surface area contributed by atoms with Crippen LogP contribution in [-0.2, 0) is 10.1 Å². The molecule has 2 rings (SSSR count). The van der Waals surface area contributed by atoms with E-state index >= 15 is 0 Å². The summed E-state index contributed by atoms with van der Waals surface area (Å²) in [4.78, 5) is 10.8. The van der Waals surface area contributed by atoms with Gasteiger partial charge in [-0.05, 0) is 24.3 Å². The van der Waals surface area contributed by atoms with Crippen LogP contribution in [0.15, 0.2) is 52.5 Å². The van der Waals surface area contributed by atoms with Gasteiger partial charge in [-0.2, -0.15) is 13.5 Å². The number of nitrogens with one attached hydrogen (secondary N) is 1. The van der Waals surface area contributed by atoms with Gasteiger partial charge in [0.25, 0.3) is 10.1 Å². The van der Waals surface area contributed by atoms with E-state index in [2.05, 4.69) is 10.5 Å². The van der Waals surface area contributed by atoms with E-state index in [0.717, 1.165) is 12.3 Å². The Morgan fingerprint density at radius 2 is 1.87 bits per heavy atom. The quantitative estimate of drug-likeness (QED) is 0.283. The van der Waals surface area contributed by atoms with E-state index in [0.29, 0.717) is 0 Å². The SMILES string of the molecule is O=C(O)c1cc(O)ccc1N/N=C/c1ccccc1S(=O)(=O)O. The minimum Gasteiger partial charge on any atom is -0.508 e. The molecule has 0 saturated carbocycles. The summed E-state index contributed by atoms with van der Waals surface area (Å²) in [5.41, 5.74) is 2.48. The molecule has 0 fully saturated rings. The van der Waals surface area contributed by atoms with Crippen LogP contribution >= 0.6 is 0 Å². The summed E-state index contributed by atoms with van der Waals surface area (Å²) in [6, 6.07) is 9.26. The molecule has 23 heavy (non-hydrogen) atoms. The van der Waals surface area contributed by atoms with Crippen LogP contribution in [0.2, 0.25) is 0 Å². The van der Waals surface area contributed by atoms with Crippen LogP contribution < -0.4 is 5.43 Å². The van der Waals surface area contributed by atoms with Gasteiger partial charge < -0.3 is 10.2 Å². The Labute approximate surface area is 131 Å². The molecule has 8 nitrogen and oxygen atoms in total. The molecule has 4 N–H and O–H groups in total. The molecule has 0 saturated heterocycles. The maximum Gasteiger partial charge on any atom is 0.338 e. The van der Waals surface area contributed by atoms with Crippen molar-refractivity contribution in [3.05, 3.63) is 53.6 Å². The minimum absolute atomic E-state index is 0.107. The van der Waals surface area contributed by atoms with Crippen molar-refractivity contribution in [3.8, 4) is 5.75 Å². The molecule has 0 bridgehead atoms. The van der Waals surface area contributed by atoms with Crippen molar-refractivity contribution in [1.29, 1.82) is 0 Å². The normalized spacial score (nSPS) is 11.5. The highest BCUT2D eigenvalue weighted by Crippen LogP contribution is 2.21. The van der Waals surface area contributed by atoms with E-state index in [1.54, 1.807) is 6.07 Å². The van der Waals surface area contributed by atoms with Crippen molar-refractivity contribution < 1.29 is 28.0 Å². The molecule has 0 heterocycles. The zero-order valence-electron chi connectivity index (χ0n) is 11.5. The van der Waals surface area contributed by atoms with Crippen LogP contribution in [0.3, 0.4) is 0 Å². The lowest BCUT2D eigenvalue weighted by Crippen LogP contribution is -2.04. The van der Waals surface area contributed by atoms with Gasteiger partial charge in [0.2, 0.25) is 0 Å². The highest BCUT2D eigenvalue weighted by Gasteiger charge is 2.13. The van der Waals surface area contributed by atoms with Crippen LogP contribution in [0.4, 0.5) is 5.69 Å². The number of carboxylic acids is 1. The summed E-state index contributed by atoms with van der Waals surface area (Å²) in [5.74, 6) is -1.48. The fourth-order valence-electron chi connectivity index (χ4n) is 1.80. The van der Waals surface area contributed by atoms with Crippen molar-refractivity contribution >= 4 is 28.0 Å². The van der Waals surface area contributed by atoms with Crippen LogP contribution in [0, 0.1) is 0 Å². The highest BCUT2D eigenvalue weighted by atomic mass is 32.2. The molecule has 0 spiro atoms. The van der Waals surface area contributed by atoms with Gasteiger partial charge in [-0.1, -0.05) is 18.2 Å². The van der Waals surface area contributed by atoms with Gasteiger partial charge in [0, 0.05) is 5.56 Å². The average molecular weight is 336 g/mol. The number of phenols is 1. The molecule has 0 unspecified atom stereocenters. The number of aromatic hydroxyl groups is 1. The van der Waals surface area contributed by atoms with E-state index in [-0.39, 0.29) is 27.5 Å². The zero-order valence-corrected chi connectivity index (χ0v) is 12.4. The number of benzene rings is 2. The summed E-state index contributed by atoms with van der Waals surface area (Å²) in [7, 11) is -4.40. The Kier molecular flexibility index (Phi) is 4.63. The number of phenolic OH excluding ortho intramolecular Hbond substituents is 1. The number of aromatic carboxylic acids is 1. The van der Waals surface area contributed by atoms with E-state index in [4.69, 9.17) is 9.66 Å². The van der Waals surface area contributed by atoms with E-state index in [1.807, 2.05) is 0 Å². The third-order valence-corrected chi connectivity index (χ3v) is 3.75. The number of nitrogens with zero attached hydrogens (tertiary/aromatic N) is 1. The third-order valence-electron chi connectivity index (χ3n) is 2.82. The molecule has 0 aliphatic rings. The fourth-order valence-corrected chi connectivity index (χ4v) is 2.47. The van der Waals surface area contributed by atoms with Crippen LogP contribution in [0.25, 0.3) is 0 Å². The Morgan fingerprint density at radius 1 is 1.17 bits per heavy atom. The zero-order chi connectivity index (χ0) is 17.0. The van der Waals surface area contributed by atoms with E-state index in [9.17, 15) is 18.3 Å². The second-order valence-electron chi connectivity index (χ2n) is 4.42. The Hall–Kier alpha value is -2.91. The van der Waals surface area contributed by atoms with Gasteiger partial charge in [-0.15, -0.1) is 0 Å². The minimum atomic E-state index is -4.40. The maximum absolute atomic E-state index is 11.2. The first-order valence-corrected chi connectivity index (χ1v) is 7.65. The average Bonchev–Trinajstić information content (AvgIpc) is 2.48. The first-order valence-electron chi connectivity index (χ1n) is 6.21. The lowest BCUT2D eigenvalue weighted by atomic mass is 10.2. The summed E-state index contributed by atoms with van der Waals surface area (Å²) < 4.78 is 31.6. The number of hydrogen-bond donors (Lipinski definition) is 4. The van der Waals surface area contributed by atoms with Gasteiger partial charge >= 0.3 is 5.97 Å². The Bertz CT molecular complexity index is 877. The molecule has 120 valence electrons. The molecule has 0 atom stereocenters. The summed E-state index contributed by atoms with van der Waals surface area (Å²) in [6.45, 7) is 0. The van der Waals surface area contributed by atoms with E-state index < -0.39 is 16.1 Å². The molecule has 2 aromatic rings. The van der Waals surface area contributed by atoms with Crippen LogP contribution in [0.5, 0.6) is 5.75 Å². The number of hydrogen-bond acceptors (Lipinski definition) is 6. The molecule has 0 aromatic heterocycles. The van der Waals surface area contributed by atoms with Crippen molar-refractivity contribution in [3.63, 3.8) is 0 Å². The first-order chi connectivity index (χ1) is 10.8. The Morgan fingerprint density at radius 3 is 2.52 bits per heavy atom. The summed E-state index contributed by atoms with van der Waals surface area (Å²) >= 11 is 0. The molecular formula is C14H12N2O6S. The van der Waals surface area contributed by atoms with Crippen molar-refractivity contribution in [1.82, 2.24) is 0 Å². The number of carbonyl (C=O) groups is 1. The van der Waals surface area contributed by atoms with E-state index in [1.165, 1.54) is 30.3 Å². The topological polar surface area (TPSA) is 136 Å². The number of carboxylic acid groups (broad SMARTS) is 1. The highest BCUT2D eigenvalue weighted by molar-refractivity contribution is 7.86. The standard InChI is InChI=1S/C14H12N2O6S/c17-10-5-6-12(11(7-10)14(18)19)16-15-8-9-3-1-2-4-13(9)23(20,21)22/h1-8,16-17H,(H,18,19)(H,20,21,22)/b15-8+. The summed E-state index contributed by atoms with van der Waals surface area (Å²) in [6.07, 6.45) is 1.13. The van der Waals surface area contributed by atoms with Crippen LogP contribution in [0.1, 0.15) is 15.9 Å². The smallest absolute Gasteiger partial charge is 0.338 e. The molecule has 0 aliphatic carbocycles. The number of rotatable bonds is 5. The first kappa shape index (κ1) is 16.5. The van der Waals surface area contributed by atoms with Gasteiger partial charge in [-0.3, -0.25) is 9.98 Å². The second-order valence-corrected chi connectivity index (χ2v) is 5.81. The second kappa shape index (κ2) is 6.46. The largest absolute Gasteiger partial charge is 0.508 e. The van der Waals surface area contributed by atoms with Crippen LogP contribution in [-0.4, -0.2) is 35.4 Å². The number of anilines is 1. The van der Waals surface area contributed by atoms with Crippen molar-refractivity contribution in [2.45, 2.75) is 4.90 Å². The fraction of sp³-hybridized carbons (Fsp3) is 0. The van der Waals surface area contributed by atoms with Crippen molar-refractivity contribution in [2.24, 2.45) is 5.10 Å². The van der Waals surface area contributed by atoms with Gasteiger partial charge in [0.1, 0.15) is 10.6 Å². The Balaban J connectivity index is 2.29.